The number of hydrogen-bond donors (Lipinski definition) is 2. The topological polar surface area (TPSA) is 57.5 Å². The van der Waals surface area contributed by atoms with Crippen LogP contribution in [0.5, 0.6) is 5.75 Å². The number of aromatic hydroxyl groups is 1. The number of carbonyl (C=O) groups is 1. The van der Waals surface area contributed by atoms with Crippen LogP contribution in [0, 0.1) is 11.6 Å². The first-order valence-electron chi connectivity index (χ1n) is 5.01. The minimum Gasteiger partial charge on any atom is -0.507 e. The third-order valence-electron chi connectivity index (χ3n) is 2.49. The van der Waals surface area contributed by atoms with E-state index in [2.05, 4.69) is 0 Å². The summed E-state index contributed by atoms with van der Waals surface area (Å²) >= 11 is 0. The van der Waals surface area contributed by atoms with Crippen molar-refractivity contribution >= 4 is 5.97 Å². The van der Waals surface area contributed by atoms with Crippen molar-refractivity contribution in [3.05, 3.63) is 53.6 Å². The number of benzene rings is 2. The number of carboxylic acids is 1. The molecule has 0 aliphatic rings. The van der Waals surface area contributed by atoms with Gasteiger partial charge >= 0.3 is 5.97 Å². The zero-order valence-electron chi connectivity index (χ0n) is 9.02. The van der Waals surface area contributed by atoms with Gasteiger partial charge in [0, 0.05) is 5.56 Å². The highest BCUT2D eigenvalue weighted by Gasteiger charge is 2.19. The van der Waals surface area contributed by atoms with E-state index in [4.69, 9.17) is 5.11 Å². The molecule has 0 amide bonds. The monoisotopic (exact) mass is 250 g/mol. The average molecular weight is 250 g/mol. The minimum atomic E-state index is -1.56. The van der Waals surface area contributed by atoms with E-state index in [1.807, 2.05) is 0 Å². The summed E-state index contributed by atoms with van der Waals surface area (Å²) in [7, 11) is 0. The number of carboxylic acid groups (broad SMARTS) is 1. The van der Waals surface area contributed by atoms with E-state index in [0.29, 0.717) is 5.56 Å². The molecule has 0 aliphatic carbocycles. The molecule has 0 saturated carbocycles. The molecule has 18 heavy (non-hydrogen) atoms. The van der Waals surface area contributed by atoms with Crippen molar-refractivity contribution in [2.75, 3.05) is 0 Å². The highest BCUT2D eigenvalue weighted by Crippen LogP contribution is 2.30. The van der Waals surface area contributed by atoms with E-state index in [-0.39, 0.29) is 5.56 Å². The standard InChI is InChI=1S/C13H8F2O3/c14-8-3-1-7(2-4-8)9-5-6-10(16)11(12(9)15)13(17)18/h1-6,16H,(H,17,18). The number of phenols is 1. The lowest BCUT2D eigenvalue weighted by atomic mass is 10.0. The van der Waals surface area contributed by atoms with Crippen LogP contribution in [-0.4, -0.2) is 16.2 Å². The molecule has 5 heteroatoms. The van der Waals surface area contributed by atoms with Crippen LogP contribution >= 0.6 is 0 Å². The van der Waals surface area contributed by atoms with Crippen molar-refractivity contribution in [2.45, 2.75) is 0 Å². The fraction of sp³-hybridized carbons (Fsp3) is 0. The normalized spacial score (nSPS) is 10.3. The molecule has 0 aliphatic heterocycles. The Balaban J connectivity index is 2.62. The first-order valence-corrected chi connectivity index (χ1v) is 5.01. The van der Waals surface area contributed by atoms with Crippen molar-refractivity contribution in [2.24, 2.45) is 0 Å². The maximum Gasteiger partial charge on any atom is 0.342 e. The van der Waals surface area contributed by atoms with Crippen molar-refractivity contribution in [1.29, 1.82) is 0 Å². The second-order valence-corrected chi connectivity index (χ2v) is 3.63. The molecule has 0 bridgehead atoms. The summed E-state index contributed by atoms with van der Waals surface area (Å²) in [6.07, 6.45) is 0. The van der Waals surface area contributed by atoms with Gasteiger partial charge in [-0.25, -0.2) is 13.6 Å². The van der Waals surface area contributed by atoms with Crippen molar-refractivity contribution < 1.29 is 23.8 Å². The zero-order valence-corrected chi connectivity index (χ0v) is 9.02. The molecule has 92 valence electrons. The summed E-state index contributed by atoms with van der Waals surface area (Å²) in [6.45, 7) is 0. The molecule has 0 fully saturated rings. The highest BCUT2D eigenvalue weighted by atomic mass is 19.1. The van der Waals surface area contributed by atoms with Crippen LogP contribution in [0.25, 0.3) is 11.1 Å². The fourth-order valence-corrected chi connectivity index (χ4v) is 1.62. The van der Waals surface area contributed by atoms with Crippen LogP contribution in [0.4, 0.5) is 8.78 Å². The van der Waals surface area contributed by atoms with Crippen molar-refractivity contribution in [1.82, 2.24) is 0 Å². The summed E-state index contributed by atoms with van der Waals surface area (Å²) < 4.78 is 26.7. The van der Waals surface area contributed by atoms with Gasteiger partial charge in [0.15, 0.2) is 0 Å². The summed E-state index contributed by atoms with van der Waals surface area (Å²) in [4.78, 5) is 10.8. The van der Waals surface area contributed by atoms with Gasteiger partial charge in [-0.3, -0.25) is 0 Å². The Morgan fingerprint density at radius 2 is 1.61 bits per heavy atom. The van der Waals surface area contributed by atoms with Gasteiger partial charge in [0.2, 0.25) is 0 Å². The Morgan fingerprint density at radius 3 is 2.17 bits per heavy atom. The Labute approximate surface area is 101 Å². The van der Waals surface area contributed by atoms with Crippen LogP contribution in [-0.2, 0) is 0 Å². The summed E-state index contributed by atoms with van der Waals surface area (Å²) in [5.41, 5.74) is -0.474. The predicted molar refractivity (Wildman–Crippen MR) is 60.4 cm³/mol. The molecule has 2 aromatic carbocycles. The molecule has 0 spiro atoms. The van der Waals surface area contributed by atoms with Gasteiger partial charge in [-0.05, 0) is 29.8 Å². The summed E-state index contributed by atoms with van der Waals surface area (Å²) in [6, 6.07) is 7.27. The Bertz CT molecular complexity index is 606. The van der Waals surface area contributed by atoms with E-state index < -0.39 is 28.9 Å². The van der Waals surface area contributed by atoms with Gasteiger partial charge in [0.1, 0.15) is 22.9 Å². The Hall–Kier alpha value is -2.43. The molecule has 0 radical (unpaired) electrons. The number of rotatable bonds is 2. The molecule has 0 unspecified atom stereocenters. The largest absolute Gasteiger partial charge is 0.507 e. The molecule has 0 atom stereocenters. The van der Waals surface area contributed by atoms with E-state index in [1.165, 1.54) is 18.2 Å². The number of hydrogen-bond acceptors (Lipinski definition) is 2. The van der Waals surface area contributed by atoms with Gasteiger partial charge in [-0.2, -0.15) is 0 Å². The molecule has 0 aromatic heterocycles. The van der Waals surface area contributed by atoms with Gasteiger partial charge in [-0.15, -0.1) is 0 Å². The first kappa shape index (κ1) is 12.0. The van der Waals surface area contributed by atoms with Gasteiger partial charge in [-0.1, -0.05) is 12.1 Å². The highest BCUT2D eigenvalue weighted by molar-refractivity contribution is 5.93. The van der Waals surface area contributed by atoms with E-state index in [0.717, 1.165) is 18.2 Å². The molecule has 2 N–H and O–H groups in total. The quantitative estimate of drug-likeness (QED) is 0.861. The van der Waals surface area contributed by atoms with Crippen LogP contribution < -0.4 is 0 Å². The lowest BCUT2D eigenvalue weighted by Crippen LogP contribution is -2.02. The van der Waals surface area contributed by atoms with Crippen molar-refractivity contribution in [3.63, 3.8) is 0 Å². The lowest BCUT2D eigenvalue weighted by molar-refractivity contribution is 0.0688. The van der Waals surface area contributed by atoms with E-state index in [1.54, 1.807) is 0 Å². The maximum atomic E-state index is 13.9. The van der Waals surface area contributed by atoms with E-state index >= 15 is 0 Å². The van der Waals surface area contributed by atoms with Gasteiger partial charge in [0.05, 0.1) is 0 Å². The van der Waals surface area contributed by atoms with Crippen LogP contribution in [0.15, 0.2) is 36.4 Å². The number of halogens is 2. The molecular formula is C13H8F2O3. The van der Waals surface area contributed by atoms with Gasteiger partial charge in [0.25, 0.3) is 0 Å². The van der Waals surface area contributed by atoms with Crippen LogP contribution in [0.2, 0.25) is 0 Å². The SMILES string of the molecule is O=C(O)c1c(O)ccc(-c2ccc(F)cc2)c1F. The maximum absolute atomic E-state index is 13.9. The summed E-state index contributed by atoms with van der Waals surface area (Å²) in [5.74, 6) is -3.73. The van der Waals surface area contributed by atoms with E-state index in [9.17, 15) is 18.7 Å². The molecule has 3 nitrogen and oxygen atoms in total. The number of aromatic carboxylic acids is 1. The second-order valence-electron chi connectivity index (χ2n) is 3.63. The predicted octanol–water partition coefficient (Wildman–Crippen LogP) is 3.04. The molecular weight excluding hydrogens is 242 g/mol. The van der Waals surface area contributed by atoms with Crippen LogP contribution in [0.1, 0.15) is 10.4 Å². The summed E-state index contributed by atoms with van der Waals surface area (Å²) in [5, 5.41) is 18.1. The Kier molecular flexibility index (Phi) is 2.97. The third kappa shape index (κ3) is 2.02. The molecule has 0 saturated heterocycles. The molecule has 0 heterocycles. The van der Waals surface area contributed by atoms with Crippen LogP contribution in [0.3, 0.4) is 0 Å². The zero-order chi connectivity index (χ0) is 13.3. The minimum absolute atomic E-state index is 0.00907. The lowest BCUT2D eigenvalue weighted by Gasteiger charge is -2.07. The average Bonchev–Trinajstić information content (AvgIpc) is 2.30. The second kappa shape index (κ2) is 4.44. The first-order chi connectivity index (χ1) is 8.50. The molecule has 2 aromatic rings. The smallest absolute Gasteiger partial charge is 0.342 e. The molecule has 2 rings (SSSR count). The Morgan fingerprint density at radius 1 is 1.00 bits per heavy atom. The van der Waals surface area contributed by atoms with Crippen molar-refractivity contribution in [3.8, 4) is 16.9 Å². The van der Waals surface area contributed by atoms with Gasteiger partial charge < -0.3 is 10.2 Å². The fourth-order valence-electron chi connectivity index (χ4n) is 1.62. The third-order valence-corrected chi connectivity index (χ3v) is 2.49.